The van der Waals surface area contributed by atoms with E-state index in [0.717, 1.165) is 10.1 Å². The van der Waals surface area contributed by atoms with Gasteiger partial charge in [0.15, 0.2) is 0 Å². The molecule has 0 atom stereocenters. The van der Waals surface area contributed by atoms with E-state index in [9.17, 15) is 4.79 Å². The Morgan fingerprint density at radius 1 is 1.53 bits per heavy atom. The summed E-state index contributed by atoms with van der Waals surface area (Å²) in [4.78, 5) is 15.5. The molecule has 5 nitrogen and oxygen atoms in total. The second kappa shape index (κ2) is 7.13. The molecule has 0 fully saturated rings. The Bertz CT molecular complexity index is 532. The van der Waals surface area contributed by atoms with Gasteiger partial charge in [0.2, 0.25) is 0 Å². The van der Waals surface area contributed by atoms with Crippen LogP contribution in [0.3, 0.4) is 0 Å². The number of nitrogens with one attached hydrogen (secondary N) is 1. The summed E-state index contributed by atoms with van der Waals surface area (Å²) in [6, 6.07) is 6.91. The average molecular weight is 295 g/mol. The van der Waals surface area contributed by atoms with Crippen LogP contribution in [-0.4, -0.2) is 23.3 Å². The predicted molar refractivity (Wildman–Crippen MR) is 76.4 cm³/mol. The molecule has 19 heavy (non-hydrogen) atoms. The van der Waals surface area contributed by atoms with Gasteiger partial charge in [0.25, 0.3) is 5.91 Å². The van der Waals surface area contributed by atoms with Crippen LogP contribution in [0.4, 0.5) is 0 Å². The molecule has 0 saturated heterocycles. The van der Waals surface area contributed by atoms with Crippen LogP contribution in [0.5, 0.6) is 5.75 Å². The molecule has 100 valence electrons. The number of aromatic nitrogens is 1. The predicted octanol–water partition coefficient (Wildman–Crippen LogP) is 1.92. The summed E-state index contributed by atoms with van der Waals surface area (Å²) in [5.41, 5.74) is 2.57. The maximum atomic E-state index is 11.3. The van der Waals surface area contributed by atoms with Gasteiger partial charge in [0.05, 0.1) is 6.61 Å². The van der Waals surface area contributed by atoms with E-state index in [0.29, 0.717) is 17.9 Å². The number of nitrogen functional groups attached to an aromatic ring is 1. The number of benzene rings is 1. The zero-order chi connectivity index (χ0) is 13.5. The number of carbonyl (C=O) groups is 1. The van der Waals surface area contributed by atoms with Crippen molar-refractivity contribution in [2.75, 3.05) is 12.4 Å². The highest BCUT2D eigenvalue weighted by Gasteiger charge is 2.04. The van der Waals surface area contributed by atoms with E-state index in [1.54, 1.807) is 53.6 Å². The van der Waals surface area contributed by atoms with Crippen molar-refractivity contribution in [1.29, 1.82) is 0 Å². The van der Waals surface area contributed by atoms with Gasteiger partial charge in [-0.25, -0.2) is 10.8 Å². The van der Waals surface area contributed by atoms with Crippen LogP contribution in [0.25, 0.3) is 0 Å². The quantitative estimate of drug-likeness (QED) is 0.280. The summed E-state index contributed by atoms with van der Waals surface area (Å²) in [6.45, 7) is 0.554. The molecule has 0 bridgehead atoms. The summed E-state index contributed by atoms with van der Waals surface area (Å²) in [7, 11) is 0. The molecule has 1 aromatic carbocycles. The molecule has 2 rings (SSSR count). The number of rotatable bonds is 6. The van der Waals surface area contributed by atoms with Crippen molar-refractivity contribution in [3.63, 3.8) is 0 Å². The lowest BCUT2D eigenvalue weighted by molar-refractivity contribution is 0.0953. The SMILES string of the molecule is NNC(=O)c1cccc(OCCSc2nccs2)c1. The van der Waals surface area contributed by atoms with Gasteiger partial charge >= 0.3 is 0 Å². The van der Waals surface area contributed by atoms with Gasteiger partial charge in [-0.05, 0) is 18.2 Å². The molecule has 1 aromatic heterocycles. The number of amides is 1. The number of thiazole rings is 1. The Balaban J connectivity index is 1.81. The fourth-order valence-electron chi connectivity index (χ4n) is 1.38. The molecule has 3 N–H and O–H groups in total. The largest absolute Gasteiger partial charge is 0.493 e. The Morgan fingerprint density at radius 3 is 3.16 bits per heavy atom. The Hall–Kier alpha value is -1.57. The summed E-state index contributed by atoms with van der Waals surface area (Å²) < 4.78 is 6.60. The third kappa shape index (κ3) is 4.23. The number of ether oxygens (including phenoxy) is 1. The number of nitrogens with two attached hydrogens (primary N) is 1. The smallest absolute Gasteiger partial charge is 0.265 e. The van der Waals surface area contributed by atoms with Crippen molar-refractivity contribution in [1.82, 2.24) is 10.4 Å². The van der Waals surface area contributed by atoms with Crippen molar-refractivity contribution in [3.8, 4) is 5.75 Å². The molecule has 1 amide bonds. The fraction of sp³-hybridized carbons (Fsp3) is 0.167. The minimum atomic E-state index is -0.331. The average Bonchev–Trinajstić information content (AvgIpc) is 2.96. The van der Waals surface area contributed by atoms with Crippen LogP contribution >= 0.6 is 23.1 Å². The second-order valence-electron chi connectivity index (χ2n) is 3.50. The molecule has 0 radical (unpaired) electrons. The van der Waals surface area contributed by atoms with Crippen LogP contribution < -0.4 is 16.0 Å². The van der Waals surface area contributed by atoms with Crippen LogP contribution in [0.1, 0.15) is 10.4 Å². The van der Waals surface area contributed by atoms with E-state index in [1.807, 2.05) is 5.38 Å². The number of hydrazine groups is 1. The van der Waals surface area contributed by atoms with Crippen LogP contribution in [0.2, 0.25) is 0 Å². The number of carbonyl (C=O) groups excluding carboxylic acids is 1. The molecule has 0 saturated carbocycles. The first-order valence-electron chi connectivity index (χ1n) is 5.55. The van der Waals surface area contributed by atoms with Gasteiger partial charge in [-0.1, -0.05) is 17.8 Å². The van der Waals surface area contributed by atoms with Gasteiger partial charge in [0, 0.05) is 22.9 Å². The van der Waals surface area contributed by atoms with Crippen molar-refractivity contribution in [2.45, 2.75) is 4.34 Å². The summed E-state index contributed by atoms with van der Waals surface area (Å²) in [6.07, 6.45) is 1.78. The van der Waals surface area contributed by atoms with Gasteiger partial charge in [-0.2, -0.15) is 0 Å². The standard InChI is InChI=1S/C12H13N3O2S2/c13-15-11(16)9-2-1-3-10(8-9)17-5-7-19-12-14-4-6-18-12/h1-4,6,8H,5,7,13H2,(H,15,16). The lowest BCUT2D eigenvalue weighted by atomic mass is 10.2. The number of hydrogen-bond acceptors (Lipinski definition) is 6. The molecule has 7 heteroatoms. The maximum absolute atomic E-state index is 11.3. The zero-order valence-electron chi connectivity index (χ0n) is 10.0. The summed E-state index contributed by atoms with van der Waals surface area (Å²) in [5, 5.41) is 1.94. The Morgan fingerprint density at radius 2 is 2.42 bits per heavy atom. The van der Waals surface area contributed by atoms with Gasteiger partial charge in [0.1, 0.15) is 10.1 Å². The summed E-state index contributed by atoms with van der Waals surface area (Å²) in [5.74, 6) is 6.21. The van der Waals surface area contributed by atoms with E-state index < -0.39 is 0 Å². The van der Waals surface area contributed by atoms with Gasteiger partial charge < -0.3 is 4.74 Å². The number of nitrogens with zero attached hydrogens (tertiary/aromatic N) is 1. The first kappa shape index (κ1) is 13.9. The van der Waals surface area contributed by atoms with E-state index in [2.05, 4.69) is 10.4 Å². The molecule has 0 unspecified atom stereocenters. The van der Waals surface area contributed by atoms with E-state index in [4.69, 9.17) is 10.6 Å². The van der Waals surface area contributed by atoms with Crippen LogP contribution in [-0.2, 0) is 0 Å². The minimum absolute atomic E-state index is 0.331. The van der Waals surface area contributed by atoms with Crippen LogP contribution in [0.15, 0.2) is 40.2 Å². The van der Waals surface area contributed by atoms with Gasteiger partial charge in [-0.3, -0.25) is 10.2 Å². The maximum Gasteiger partial charge on any atom is 0.265 e. The molecule has 2 aromatic rings. The first-order chi connectivity index (χ1) is 9.29. The number of hydrogen-bond donors (Lipinski definition) is 2. The van der Waals surface area contributed by atoms with Crippen molar-refractivity contribution in [2.24, 2.45) is 5.84 Å². The molecular formula is C12H13N3O2S2. The molecular weight excluding hydrogens is 282 g/mol. The third-order valence-electron chi connectivity index (χ3n) is 2.21. The van der Waals surface area contributed by atoms with Gasteiger partial charge in [-0.15, -0.1) is 11.3 Å². The molecule has 1 heterocycles. The lowest BCUT2D eigenvalue weighted by Gasteiger charge is -2.06. The molecule has 0 spiro atoms. The molecule has 0 aliphatic rings. The summed E-state index contributed by atoms with van der Waals surface area (Å²) >= 11 is 3.25. The second-order valence-corrected chi connectivity index (χ2v) is 5.73. The minimum Gasteiger partial charge on any atom is -0.493 e. The number of thioether (sulfide) groups is 1. The fourth-order valence-corrected chi connectivity index (χ4v) is 2.91. The first-order valence-corrected chi connectivity index (χ1v) is 7.42. The monoisotopic (exact) mass is 295 g/mol. The zero-order valence-corrected chi connectivity index (χ0v) is 11.7. The third-order valence-corrected chi connectivity index (χ3v) is 4.14. The van der Waals surface area contributed by atoms with Crippen molar-refractivity contribution in [3.05, 3.63) is 41.4 Å². The highest BCUT2D eigenvalue weighted by atomic mass is 32.2. The van der Waals surface area contributed by atoms with Crippen molar-refractivity contribution >= 4 is 29.0 Å². The topological polar surface area (TPSA) is 77.2 Å². The highest BCUT2D eigenvalue weighted by molar-refractivity contribution is 8.01. The van der Waals surface area contributed by atoms with E-state index >= 15 is 0 Å². The lowest BCUT2D eigenvalue weighted by Crippen LogP contribution is -2.29. The van der Waals surface area contributed by atoms with E-state index in [1.165, 1.54) is 0 Å². The molecule has 0 aliphatic carbocycles. The van der Waals surface area contributed by atoms with E-state index in [-0.39, 0.29) is 5.91 Å². The highest BCUT2D eigenvalue weighted by Crippen LogP contribution is 2.20. The van der Waals surface area contributed by atoms with Crippen molar-refractivity contribution < 1.29 is 9.53 Å². The Labute approximate surface area is 119 Å². The normalized spacial score (nSPS) is 10.2. The van der Waals surface area contributed by atoms with Crippen LogP contribution in [0, 0.1) is 0 Å². The molecule has 0 aliphatic heterocycles. The Kier molecular flexibility index (Phi) is 5.20.